The number of thioether (sulfide) groups is 1. The summed E-state index contributed by atoms with van der Waals surface area (Å²) in [6, 6.07) is -0.510. The van der Waals surface area contributed by atoms with Crippen LogP contribution in [0.5, 0.6) is 0 Å². The summed E-state index contributed by atoms with van der Waals surface area (Å²) < 4.78 is 5.12. The van der Waals surface area contributed by atoms with Gasteiger partial charge in [0.25, 0.3) is 0 Å². The topological polar surface area (TPSA) is 72.6 Å². The van der Waals surface area contributed by atoms with Crippen molar-refractivity contribution in [2.45, 2.75) is 51.1 Å². The third-order valence-electron chi connectivity index (χ3n) is 4.36. The van der Waals surface area contributed by atoms with E-state index in [1.165, 1.54) is 0 Å². The van der Waals surface area contributed by atoms with Crippen LogP contribution in [0.4, 0.5) is 0 Å². The summed E-state index contributed by atoms with van der Waals surface area (Å²) in [5.74, 6) is 1.16. The second-order valence-corrected chi connectivity index (χ2v) is 6.93. The maximum Gasteiger partial charge on any atom is 0.329 e. The van der Waals surface area contributed by atoms with E-state index < -0.39 is 6.04 Å². The Morgan fingerprint density at radius 3 is 2.81 bits per heavy atom. The normalized spacial score (nSPS) is 30.6. The molecule has 0 radical (unpaired) electrons. The molecule has 1 aliphatic carbocycles. The molecule has 120 valence electrons. The first kappa shape index (κ1) is 16.6. The lowest BCUT2D eigenvalue weighted by Gasteiger charge is -2.37. The van der Waals surface area contributed by atoms with E-state index in [0.29, 0.717) is 18.9 Å². The first-order chi connectivity index (χ1) is 10.1. The zero-order valence-corrected chi connectivity index (χ0v) is 13.6. The molecule has 1 heterocycles. The maximum atomic E-state index is 12.9. The quantitative estimate of drug-likeness (QED) is 0.630. The smallest absolute Gasteiger partial charge is 0.329 e. The van der Waals surface area contributed by atoms with Crippen molar-refractivity contribution in [3.63, 3.8) is 0 Å². The van der Waals surface area contributed by atoms with Gasteiger partial charge in [-0.15, -0.1) is 0 Å². The Bertz CT molecular complexity index is 378. The lowest BCUT2D eigenvalue weighted by Crippen LogP contribution is -2.54. The van der Waals surface area contributed by atoms with Crippen molar-refractivity contribution in [1.82, 2.24) is 4.90 Å². The number of rotatable bonds is 3. The SMILES string of the molecule is CCOC(=O)C1CSCCN1C(=O)C1CCCCCC1N. The van der Waals surface area contributed by atoms with Crippen molar-refractivity contribution < 1.29 is 14.3 Å². The van der Waals surface area contributed by atoms with Gasteiger partial charge in [0.1, 0.15) is 6.04 Å². The molecule has 2 fully saturated rings. The molecule has 0 aromatic carbocycles. The molecule has 1 saturated heterocycles. The number of esters is 1. The molecule has 5 nitrogen and oxygen atoms in total. The highest BCUT2D eigenvalue weighted by atomic mass is 32.2. The molecule has 1 saturated carbocycles. The Morgan fingerprint density at radius 1 is 1.29 bits per heavy atom. The van der Waals surface area contributed by atoms with E-state index in [-0.39, 0.29) is 23.8 Å². The molecule has 1 aliphatic heterocycles. The van der Waals surface area contributed by atoms with Gasteiger partial charge in [-0.05, 0) is 19.8 Å². The van der Waals surface area contributed by atoms with Crippen LogP contribution in [0.1, 0.15) is 39.0 Å². The molecule has 21 heavy (non-hydrogen) atoms. The number of amides is 1. The summed E-state index contributed by atoms with van der Waals surface area (Å²) in [5.41, 5.74) is 6.20. The van der Waals surface area contributed by atoms with Crippen LogP contribution in [0.3, 0.4) is 0 Å². The second kappa shape index (κ2) is 8.03. The molecule has 3 unspecified atom stereocenters. The molecule has 0 spiro atoms. The standard InChI is InChI=1S/C15H26N2O3S/c1-2-20-15(19)13-10-21-9-8-17(13)14(18)11-6-4-3-5-7-12(11)16/h11-13H,2-10,16H2,1H3. The van der Waals surface area contributed by atoms with Gasteiger partial charge < -0.3 is 15.4 Å². The van der Waals surface area contributed by atoms with Crippen LogP contribution >= 0.6 is 11.8 Å². The molecule has 6 heteroatoms. The van der Waals surface area contributed by atoms with Gasteiger partial charge in [-0.2, -0.15) is 11.8 Å². The molecule has 2 N–H and O–H groups in total. The second-order valence-electron chi connectivity index (χ2n) is 5.78. The fourth-order valence-electron chi connectivity index (χ4n) is 3.16. The molecule has 0 bridgehead atoms. The van der Waals surface area contributed by atoms with E-state index in [2.05, 4.69) is 0 Å². The van der Waals surface area contributed by atoms with Crippen LogP contribution in [-0.2, 0) is 14.3 Å². The monoisotopic (exact) mass is 314 g/mol. The van der Waals surface area contributed by atoms with Gasteiger partial charge in [-0.3, -0.25) is 4.79 Å². The minimum absolute atomic E-state index is 0.0581. The Hall–Kier alpha value is -0.750. The number of nitrogens with zero attached hydrogens (tertiary/aromatic N) is 1. The van der Waals surface area contributed by atoms with Crippen molar-refractivity contribution in [1.29, 1.82) is 0 Å². The minimum Gasteiger partial charge on any atom is -0.464 e. The summed E-state index contributed by atoms with van der Waals surface area (Å²) in [4.78, 5) is 26.7. The lowest BCUT2D eigenvalue weighted by atomic mass is 9.93. The van der Waals surface area contributed by atoms with E-state index in [1.807, 2.05) is 0 Å². The summed E-state index contributed by atoms with van der Waals surface area (Å²) in [6.07, 6.45) is 5.05. The molecule has 2 aliphatic rings. The van der Waals surface area contributed by atoms with Gasteiger partial charge in [-0.25, -0.2) is 4.79 Å². The highest BCUT2D eigenvalue weighted by molar-refractivity contribution is 7.99. The van der Waals surface area contributed by atoms with E-state index in [9.17, 15) is 9.59 Å². The third-order valence-corrected chi connectivity index (χ3v) is 5.38. The van der Waals surface area contributed by atoms with E-state index in [1.54, 1.807) is 23.6 Å². The van der Waals surface area contributed by atoms with E-state index in [4.69, 9.17) is 10.5 Å². The predicted molar refractivity (Wildman–Crippen MR) is 84.0 cm³/mol. The Kier molecular flexibility index (Phi) is 6.36. The highest BCUT2D eigenvalue weighted by Crippen LogP contribution is 2.27. The highest BCUT2D eigenvalue weighted by Gasteiger charge is 2.38. The molecule has 1 amide bonds. The van der Waals surface area contributed by atoms with Crippen LogP contribution in [0.25, 0.3) is 0 Å². The summed E-state index contributed by atoms with van der Waals surface area (Å²) in [7, 11) is 0. The first-order valence-corrected chi connectivity index (χ1v) is 9.11. The number of hydrogen-bond acceptors (Lipinski definition) is 5. The Morgan fingerprint density at radius 2 is 2.05 bits per heavy atom. The van der Waals surface area contributed by atoms with Gasteiger partial charge in [0.2, 0.25) is 5.91 Å². The van der Waals surface area contributed by atoms with Crippen LogP contribution in [0.2, 0.25) is 0 Å². The average Bonchev–Trinajstić information content (AvgIpc) is 2.71. The number of ether oxygens (including phenoxy) is 1. The van der Waals surface area contributed by atoms with Gasteiger partial charge in [0, 0.05) is 24.1 Å². The molecular weight excluding hydrogens is 288 g/mol. The molecular formula is C15H26N2O3S. The van der Waals surface area contributed by atoms with Crippen LogP contribution < -0.4 is 5.73 Å². The Labute approximate surface area is 130 Å². The number of hydrogen-bond donors (Lipinski definition) is 1. The molecule has 0 aromatic rings. The molecule has 3 atom stereocenters. The van der Waals surface area contributed by atoms with Crippen molar-refractivity contribution in [3.05, 3.63) is 0 Å². The van der Waals surface area contributed by atoms with E-state index >= 15 is 0 Å². The number of carbonyl (C=O) groups is 2. The number of carbonyl (C=O) groups excluding carboxylic acids is 2. The van der Waals surface area contributed by atoms with Gasteiger partial charge in [0.05, 0.1) is 12.5 Å². The fraction of sp³-hybridized carbons (Fsp3) is 0.867. The van der Waals surface area contributed by atoms with Crippen molar-refractivity contribution in [2.75, 3.05) is 24.7 Å². The van der Waals surface area contributed by atoms with E-state index in [0.717, 1.165) is 37.9 Å². The lowest BCUT2D eigenvalue weighted by molar-refractivity contribution is -0.155. The predicted octanol–water partition coefficient (Wildman–Crippen LogP) is 1.40. The zero-order valence-electron chi connectivity index (χ0n) is 12.8. The van der Waals surface area contributed by atoms with Gasteiger partial charge >= 0.3 is 5.97 Å². The fourth-order valence-corrected chi connectivity index (χ4v) is 4.19. The minimum atomic E-state index is -0.438. The average molecular weight is 314 g/mol. The van der Waals surface area contributed by atoms with Crippen LogP contribution in [0, 0.1) is 5.92 Å². The first-order valence-electron chi connectivity index (χ1n) is 7.95. The Balaban J connectivity index is 2.08. The van der Waals surface area contributed by atoms with Crippen LogP contribution in [0.15, 0.2) is 0 Å². The summed E-state index contributed by atoms with van der Waals surface area (Å²) in [5, 5.41) is 0. The van der Waals surface area contributed by atoms with Crippen molar-refractivity contribution in [2.24, 2.45) is 11.7 Å². The van der Waals surface area contributed by atoms with Crippen molar-refractivity contribution in [3.8, 4) is 0 Å². The van der Waals surface area contributed by atoms with Crippen LogP contribution in [-0.4, -0.2) is 53.5 Å². The zero-order chi connectivity index (χ0) is 15.2. The largest absolute Gasteiger partial charge is 0.464 e. The van der Waals surface area contributed by atoms with Crippen molar-refractivity contribution >= 4 is 23.6 Å². The van der Waals surface area contributed by atoms with Gasteiger partial charge in [-0.1, -0.05) is 19.3 Å². The summed E-state index contributed by atoms with van der Waals surface area (Å²) >= 11 is 1.70. The maximum absolute atomic E-state index is 12.9. The van der Waals surface area contributed by atoms with Gasteiger partial charge in [0.15, 0.2) is 0 Å². The molecule has 2 rings (SSSR count). The third kappa shape index (κ3) is 4.13. The molecule has 0 aromatic heterocycles. The summed E-state index contributed by atoms with van der Waals surface area (Å²) in [6.45, 7) is 2.77. The number of nitrogens with two attached hydrogens (primary N) is 1.